The molecule has 0 saturated heterocycles. The summed E-state index contributed by atoms with van der Waals surface area (Å²) in [6, 6.07) is 5.21. The third-order valence-corrected chi connectivity index (χ3v) is 2.56. The highest BCUT2D eigenvalue weighted by Gasteiger charge is 2.30. The molecule has 0 aliphatic carbocycles. The van der Waals surface area contributed by atoms with E-state index in [9.17, 15) is 13.2 Å². The van der Waals surface area contributed by atoms with Gasteiger partial charge in [-0.2, -0.15) is 0 Å². The maximum Gasteiger partial charge on any atom is 0.573 e. The number of nitrogens with one attached hydrogen (secondary N) is 2. The number of nitrogen functional groups attached to an aromatic ring is 1. The first kappa shape index (κ1) is 16.6. The van der Waals surface area contributed by atoms with Crippen molar-refractivity contribution in [1.29, 1.82) is 0 Å². The zero-order valence-electron chi connectivity index (χ0n) is 12.3. The first-order valence-electron chi connectivity index (χ1n) is 6.42. The molecule has 0 radical (unpaired) electrons. The fourth-order valence-electron chi connectivity index (χ4n) is 1.67. The molecule has 2 aromatic rings. The normalized spacial score (nSPS) is 11.4. The summed E-state index contributed by atoms with van der Waals surface area (Å²) in [6.45, 7) is 0. The minimum Gasteiger partial charge on any atom is -0.406 e. The molecule has 4 N–H and O–H groups in total. The molecule has 0 spiro atoms. The van der Waals surface area contributed by atoms with Gasteiger partial charge in [0.15, 0.2) is 11.6 Å². The number of alkyl halides is 3. The van der Waals surface area contributed by atoms with Gasteiger partial charge in [-0.15, -0.1) is 13.2 Å². The van der Waals surface area contributed by atoms with E-state index in [2.05, 4.69) is 25.4 Å². The van der Waals surface area contributed by atoms with Crippen LogP contribution in [0.5, 0.6) is 5.75 Å². The summed E-state index contributed by atoms with van der Waals surface area (Å²) < 4.78 is 40.1. The third-order valence-electron chi connectivity index (χ3n) is 2.56. The van der Waals surface area contributed by atoms with Gasteiger partial charge < -0.3 is 21.2 Å². The zero-order valence-corrected chi connectivity index (χ0v) is 12.3. The Morgan fingerprint density at radius 3 is 2.26 bits per heavy atom. The van der Waals surface area contributed by atoms with Crippen molar-refractivity contribution >= 4 is 23.0 Å². The highest BCUT2D eigenvalue weighted by Crippen LogP contribution is 2.28. The lowest BCUT2D eigenvalue weighted by Gasteiger charge is -2.16. The van der Waals surface area contributed by atoms with Gasteiger partial charge in [0.2, 0.25) is 0 Å². The number of halogens is 3. The van der Waals surface area contributed by atoms with Gasteiger partial charge in [0.05, 0.1) is 0 Å². The third kappa shape index (κ3) is 4.88. The molecule has 7 nitrogen and oxygen atoms in total. The molecule has 1 heterocycles. The van der Waals surface area contributed by atoms with Crippen LogP contribution >= 0.6 is 0 Å². The smallest absolute Gasteiger partial charge is 0.406 e. The van der Waals surface area contributed by atoms with Gasteiger partial charge in [0.25, 0.3) is 0 Å². The Bertz CT molecular complexity index is 660. The first-order chi connectivity index (χ1) is 10.7. The number of hydrogen-bond donors (Lipinski definition) is 3. The molecular formula is C13H15F3N6O. The van der Waals surface area contributed by atoms with Crippen LogP contribution in [0.1, 0.15) is 0 Å². The van der Waals surface area contributed by atoms with Crippen LogP contribution in [0.3, 0.4) is 0 Å². The number of nitrogens with zero attached hydrogens (tertiary/aromatic N) is 3. The Labute approximate surface area is 130 Å². The second kappa shape index (κ2) is 6.57. The van der Waals surface area contributed by atoms with Crippen LogP contribution in [-0.4, -0.2) is 35.4 Å². The summed E-state index contributed by atoms with van der Waals surface area (Å²) in [5, 5.41) is 4.56. The molecule has 124 valence electrons. The number of benzene rings is 1. The number of hydrogen-bond acceptors (Lipinski definition) is 7. The number of ether oxygens (including phenoxy) is 1. The molecule has 0 fully saturated rings. The lowest BCUT2D eigenvalue weighted by Crippen LogP contribution is -2.21. The van der Waals surface area contributed by atoms with Crippen LogP contribution < -0.4 is 21.2 Å². The predicted octanol–water partition coefficient (Wildman–Crippen LogP) is 2.59. The molecule has 0 aliphatic heterocycles. The largest absolute Gasteiger partial charge is 0.573 e. The highest BCUT2D eigenvalue weighted by molar-refractivity contribution is 5.77. The molecule has 2 rings (SSSR count). The Hall–Kier alpha value is -2.75. The Morgan fingerprint density at radius 1 is 1.09 bits per heavy atom. The van der Waals surface area contributed by atoms with Crippen molar-refractivity contribution in [2.24, 2.45) is 0 Å². The van der Waals surface area contributed by atoms with Crippen molar-refractivity contribution in [2.45, 2.75) is 6.36 Å². The van der Waals surface area contributed by atoms with E-state index < -0.39 is 6.36 Å². The molecule has 0 atom stereocenters. The first-order valence-corrected chi connectivity index (χ1v) is 6.42. The maximum absolute atomic E-state index is 12.1. The lowest BCUT2D eigenvalue weighted by atomic mass is 10.3. The highest BCUT2D eigenvalue weighted by atomic mass is 19.4. The van der Waals surface area contributed by atoms with Crippen LogP contribution in [0.4, 0.5) is 36.2 Å². The summed E-state index contributed by atoms with van der Waals surface area (Å²) in [5.41, 5.74) is 9.62. The van der Waals surface area contributed by atoms with Crippen molar-refractivity contribution in [2.75, 3.05) is 30.6 Å². The van der Waals surface area contributed by atoms with Crippen LogP contribution in [0.15, 0.2) is 30.6 Å². The fraction of sp³-hybridized carbons (Fsp3) is 0.231. The van der Waals surface area contributed by atoms with Gasteiger partial charge >= 0.3 is 6.36 Å². The van der Waals surface area contributed by atoms with E-state index in [4.69, 9.17) is 5.73 Å². The monoisotopic (exact) mass is 328 g/mol. The van der Waals surface area contributed by atoms with E-state index in [0.717, 1.165) is 0 Å². The topological polar surface area (TPSA) is 88.3 Å². The molecule has 10 heteroatoms. The van der Waals surface area contributed by atoms with Crippen LogP contribution in [0.25, 0.3) is 0 Å². The molecule has 0 unspecified atom stereocenters. The number of nitrogens with two attached hydrogens (primary N) is 1. The van der Waals surface area contributed by atoms with Gasteiger partial charge in [0.1, 0.15) is 17.8 Å². The van der Waals surface area contributed by atoms with E-state index >= 15 is 0 Å². The van der Waals surface area contributed by atoms with E-state index in [1.165, 1.54) is 30.6 Å². The van der Waals surface area contributed by atoms with E-state index in [-0.39, 0.29) is 11.4 Å². The summed E-state index contributed by atoms with van der Waals surface area (Å²) in [5.74, 6) is 0.423. The van der Waals surface area contributed by atoms with E-state index in [1.54, 1.807) is 19.1 Å². The van der Waals surface area contributed by atoms with Crippen LogP contribution in [0, 0.1) is 0 Å². The predicted molar refractivity (Wildman–Crippen MR) is 80.2 cm³/mol. The molecule has 1 aromatic carbocycles. The average molecular weight is 328 g/mol. The van der Waals surface area contributed by atoms with Gasteiger partial charge in [-0.1, -0.05) is 0 Å². The number of anilines is 4. The van der Waals surface area contributed by atoms with E-state index in [1.807, 2.05) is 0 Å². The summed E-state index contributed by atoms with van der Waals surface area (Å²) >= 11 is 0. The maximum atomic E-state index is 12.1. The fourth-order valence-corrected chi connectivity index (χ4v) is 1.67. The Morgan fingerprint density at radius 2 is 1.70 bits per heavy atom. The van der Waals surface area contributed by atoms with Crippen LogP contribution in [0.2, 0.25) is 0 Å². The zero-order chi connectivity index (χ0) is 17.0. The SMILES string of the molecule is CN(C)Nc1ncnc(Nc2ccc(OC(F)(F)F)cc2)c1N. The van der Waals surface area contributed by atoms with Crippen molar-refractivity contribution < 1.29 is 17.9 Å². The summed E-state index contributed by atoms with van der Waals surface area (Å²) in [6.07, 6.45) is -3.41. The number of aromatic nitrogens is 2. The van der Waals surface area contributed by atoms with Gasteiger partial charge in [-0.25, -0.2) is 15.0 Å². The molecule has 0 aliphatic rings. The van der Waals surface area contributed by atoms with Gasteiger partial charge in [-0.05, 0) is 24.3 Å². The standard InChI is InChI=1S/C13H15F3N6O/c1-22(2)21-12-10(17)11(18-7-19-12)20-8-3-5-9(6-4-8)23-13(14,15)16/h3-7H,17H2,1-2H3,(H2,18,19,20,21). The molecule has 0 bridgehead atoms. The van der Waals surface area contributed by atoms with E-state index in [0.29, 0.717) is 17.3 Å². The number of rotatable bonds is 5. The summed E-state index contributed by atoms with van der Waals surface area (Å²) in [4.78, 5) is 8.01. The molecule has 1 aromatic heterocycles. The second-order valence-corrected chi connectivity index (χ2v) is 4.69. The number of hydrazine groups is 1. The van der Waals surface area contributed by atoms with Crippen LogP contribution in [-0.2, 0) is 0 Å². The average Bonchev–Trinajstić information content (AvgIpc) is 2.43. The molecule has 0 amide bonds. The van der Waals surface area contributed by atoms with Crippen molar-refractivity contribution in [1.82, 2.24) is 15.0 Å². The lowest BCUT2D eigenvalue weighted by molar-refractivity contribution is -0.274. The molecule has 0 saturated carbocycles. The quantitative estimate of drug-likeness (QED) is 0.727. The summed E-state index contributed by atoms with van der Waals surface area (Å²) in [7, 11) is 3.54. The molecule has 23 heavy (non-hydrogen) atoms. The molecular weight excluding hydrogens is 313 g/mol. The van der Waals surface area contributed by atoms with Crippen molar-refractivity contribution in [3.8, 4) is 5.75 Å². The Kier molecular flexibility index (Phi) is 4.74. The van der Waals surface area contributed by atoms with Gasteiger partial charge in [-0.3, -0.25) is 0 Å². The van der Waals surface area contributed by atoms with Crippen molar-refractivity contribution in [3.05, 3.63) is 30.6 Å². The minimum absolute atomic E-state index is 0.275. The van der Waals surface area contributed by atoms with Gasteiger partial charge in [0, 0.05) is 19.8 Å². The Balaban J connectivity index is 2.13. The second-order valence-electron chi connectivity index (χ2n) is 4.69. The van der Waals surface area contributed by atoms with Crippen molar-refractivity contribution in [3.63, 3.8) is 0 Å². The minimum atomic E-state index is -4.72.